The third-order valence-electron chi connectivity index (χ3n) is 16.1. The van der Waals surface area contributed by atoms with Gasteiger partial charge >= 0.3 is 13.3 Å². The number of thiophene rings is 1. The molecule has 2 saturated heterocycles. The number of aliphatic hydroxyl groups is 1. The highest BCUT2D eigenvalue weighted by Gasteiger charge is 2.51. The molecule has 2 aromatic heterocycles. The summed E-state index contributed by atoms with van der Waals surface area (Å²) in [7, 11) is -5.89. The average molecular weight is 1280 g/mol. The molecule has 7 N–H and O–H groups in total. The Labute approximate surface area is 521 Å². The number of aromatic nitrogens is 1. The van der Waals surface area contributed by atoms with Gasteiger partial charge in [0.25, 0.3) is 11.8 Å². The maximum atomic E-state index is 15.3. The van der Waals surface area contributed by atoms with Crippen molar-refractivity contribution in [1.29, 1.82) is 0 Å². The van der Waals surface area contributed by atoms with Gasteiger partial charge in [0.05, 0.1) is 52.8 Å². The first kappa shape index (κ1) is 65.9. The molecule has 9 rings (SSSR count). The Balaban J connectivity index is 0.857. The molecule has 2 fully saturated rings. The lowest BCUT2D eigenvalue weighted by atomic mass is 9.84. The highest BCUT2D eigenvalue weighted by Crippen LogP contribution is 2.59. The number of aryl methyl sites for hydroxylation is 1. The number of rotatable bonds is 18. The van der Waals surface area contributed by atoms with Crippen LogP contribution in [-0.4, -0.2) is 146 Å². The number of thiazole rings is 1. The molecule has 0 bridgehead atoms. The Bertz CT molecular complexity index is 3700. The summed E-state index contributed by atoms with van der Waals surface area (Å²) in [6, 6.07) is 21.5. The molecule has 4 aromatic carbocycles. The number of carbonyl (C=O) groups excluding carboxylic acids is 7. The summed E-state index contributed by atoms with van der Waals surface area (Å²) in [6.45, 7) is 13.5. The van der Waals surface area contributed by atoms with Crippen LogP contribution in [0.3, 0.4) is 0 Å². The molecule has 0 saturated carbocycles. The average Bonchev–Trinajstić information content (AvgIpc) is 1.77. The van der Waals surface area contributed by atoms with Gasteiger partial charge in [-0.05, 0) is 88.2 Å². The summed E-state index contributed by atoms with van der Waals surface area (Å²) < 4.78 is 53.5. The molecule has 26 heteroatoms. The second kappa shape index (κ2) is 26.5. The number of amides is 7. The van der Waals surface area contributed by atoms with Crippen molar-refractivity contribution < 1.29 is 71.3 Å². The second-order valence-electron chi connectivity index (χ2n) is 24.8. The van der Waals surface area contributed by atoms with Gasteiger partial charge < -0.3 is 60.3 Å². The zero-order valence-corrected chi connectivity index (χ0v) is 53.0. The molecule has 7 amide bonds. The molecule has 474 valence electrons. The topological polar surface area (TPSA) is 286 Å². The number of carbonyl (C=O) groups is 7. The van der Waals surface area contributed by atoms with Crippen molar-refractivity contribution >= 4 is 81.7 Å². The molecule has 5 heterocycles. The Morgan fingerprint density at radius 3 is 2.16 bits per heavy atom. The Morgan fingerprint density at radius 2 is 1.49 bits per heavy atom. The number of halogens is 2. The summed E-state index contributed by atoms with van der Waals surface area (Å²) in [5.41, 5.74) is -0.625. The van der Waals surface area contributed by atoms with Gasteiger partial charge in [-0.2, -0.15) is 8.78 Å². The third kappa shape index (κ3) is 15.1. The van der Waals surface area contributed by atoms with Crippen LogP contribution in [0.4, 0.5) is 8.78 Å². The van der Waals surface area contributed by atoms with E-state index in [0.29, 0.717) is 15.8 Å². The van der Waals surface area contributed by atoms with Gasteiger partial charge in [0.2, 0.25) is 29.5 Å². The van der Waals surface area contributed by atoms with Crippen LogP contribution in [0.25, 0.3) is 20.5 Å². The SMILES string of the molecule is Cc1ncsc1-c1ccc([C@H](C)NC(=O)[C@@H]2C[C@@H](O)CN2C(=O)C(NC(=O)CNC(=O)COc2ccc3c(c2)CN(C(=O)C(NC(=O)c2cc4cc(C(F)(F)P(=O)(O)O)ccc4s2)C(C)(C)C)C(C(=O)N2CCOC(c4ccccc4)C2)C3)C(C)(C)C)cc1. The lowest BCUT2D eigenvalue weighted by Crippen LogP contribution is -2.61. The molecule has 6 aromatic rings. The fourth-order valence-electron chi connectivity index (χ4n) is 11.2. The molecule has 0 spiro atoms. The number of ether oxygens (including phenoxy) is 2. The number of nitrogens with one attached hydrogen (secondary N) is 4. The van der Waals surface area contributed by atoms with Crippen molar-refractivity contribution in [3.05, 3.63) is 141 Å². The Hall–Kier alpha value is -7.51. The van der Waals surface area contributed by atoms with E-state index in [-0.39, 0.29) is 67.5 Å². The van der Waals surface area contributed by atoms with Crippen molar-refractivity contribution in [2.75, 3.05) is 39.4 Å². The van der Waals surface area contributed by atoms with Crippen LogP contribution in [0, 0.1) is 17.8 Å². The first-order chi connectivity index (χ1) is 41.9. The van der Waals surface area contributed by atoms with E-state index in [1.54, 1.807) is 70.2 Å². The van der Waals surface area contributed by atoms with Crippen molar-refractivity contribution in [3.63, 3.8) is 0 Å². The highest BCUT2D eigenvalue weighted by atomic mass is 32.1. The highest BCUT2D eigenvalue weighted by molar-refractivity contribution is 7.52. The Kier molecular flexibility index (Phi) is 19.6. The van der Waals surface area contributed by atoms with E-state index in [4.69, 9.17) is 9.47 Å². The van der Waals surface area contributed by atoms with Crippen LogP contribution in [0.1, 0.15) is 110 Å². The first-order valence-electron chi connectivity index (χ1n) is 29.0. The second-order valence-corrected chi connectivity index (χ2v) is 28.4. The number of β-amino-alcohol motifs (C(OH)–C–C–N with tert-alkyl or cyclic N) is 1. The predicted molar refractivity (Wildman–Crippen MR) is 330 cm³/mol. The van der Waals surface area contributed by atoms with E-state index >= 15 is 4.79 Å². The van der Waals surface area contributed by atoms with E-state index in [1.807, 2.05) is 68.4 Å². The number of nitrogens with zero attached hydrogens (tertiary/aromatic N) is 4. The normalized spacial score (nSPS) is 19.2. The van der Waals surface area contributed by atoms with Crippen LogP contribution in [-0.2, 0) is 56.7 Å². The van der Waals surface area contributed by atoms with Gasteiger partial charge in [0.15, 0.2) is 6.61 Å². The van der Waals surface area contributed by atoms with Crippen LogP contribution in [0.15, 0.2) is 103 Å². The van der Waals surface area contributed by atoms with Crippen LogP contribution < -0.4 is 26.0 Å². The molecule has 4 unspecified atom stereocenters. The van der Waals surface area contributed by atoms with Crippen molar-refractivity contribution in [2.45, 2.75) is 123 Å². The maximum Gasteiger partial charge on any atom is 0.399 e. The van der Waals surface area contributed by atoms with E-state index < -0.39 is 121 Å². The summed E-state index contributed by atoms with van der Waals surface area (Å²) in [4.78, 5) is 128. The Morgan fingerprint density at radius 1 is 0.809 bits per heavy atom. The minimum absolute atomic E-state index is 0.0122. The number of likely N-dealkylation sites (tertiary alicyclic amines) is 1. The van der Waals surface area contributed by atoms with E-state index in [1.165, 1.54) is 33.3 Å². The molecule has 3 aliphatic heterocycles. The summed E-state index contributed by atoms with van der Waals surface area (Å²) in [6.07, 6.45) is -1.39. The number of morpholine rings is 1. The smallest absolute Gasteiger partial charge is 0.399 e. The fourth-order valence-corrected chi connectivity index (χ4v) is 13.4. The van der Waals surface area contributed by atoms with Crippen LogP contribution in [0.2, 0.25) is 0 Å². The molecule has 0 aliphatic carbocycles. The molecule has 3 aliphatic rings. The monoisotopic (exact) mass is 1280 g/mol. The molecular formula is C63H73F2N8O13PS2. The standard InChI is InChI=1S/C63H73F2N8O13PS2/c1-35(37-14-16-39(17-15-37)53-36(2)67-34-88-53)68-56(77)46-28-44(74)31-73(46)59(80)54(61(3,4)5)69-51(75)29-66-52(76)33-86-45-20-18-40-26-47(58(79)71-22-23-85-48(32-71)38-12-10-9-11-13-38)72(30-42(40)25-45)60(81)55(62(6,7)8)70-57(78)50-27-41-24-43(19-21-49(41)89-50)63(64,65)87(82,83)84/h9-21,24-25,27,34-35,44,46-48,54-55,74H,22-23,26,28-33H2,1-8H3,(H,66,76)(H,68,77)(H,69,75)(H,70,78)(H2,82,83,84)/t35-,44+,46-,47?,48?,54?,55?/m0/s1. The molecular weight excluding hydrogens is 1210 g/mol. The van der Waals surface area contributed by atoms with Gasteiger partial charge in [-0.25, -0.2) is 4.98 Å². The summed E-state index contributed by atoms with van der Waals surface area (Å²) in [5.74, 6) is -3.93. The first-order valence-corrected chi connectivity index (χ1v) is 32.3. The largest absolute Gasteiger partial charge is 0.484 e. The molecule has 21 nitrogen and oxygen atoms in total. The van der Waals surface area contributed by atoms with Gasteiger partial charge in [-0.3, -0.25) is 38.1 Å². The summed E-state index contributed by atoms with van der Waals surface area (Å²) in [5, 5.41) is 22.0. The maximum absolute atomic E-state index is 15.3. The van der Waals surface area contributed by atoms with Gasteiger partial charge in [0.1, 0.15) is 36.0 Å². The van der Waals surface area contributed by atoms with E-state index in [0.717, 1.165) is 50.7 Å². The number of aliphatic hydroxyl groups excluding tert-OH is 1. The quantitative estimate of drug-likeness (QED) is 0.0422. The van der Waals surface area contributed by atoms with Crippen molar-refractivity contribution in [2.24, 2.45) is 10.8 Å². The van der Waals surface area contributed by atoms with Crippen molar-refractivity contribution in [1.82, 2.24) is 41.0 Å². The fraction of sp³-hybridized carbons (Fsp3) is 0.429. The lowest BCUT2D eigenvalue weighted by molar-refractivity contribution is -0.153. The van der Waals surface area contributed by atoms with E-state index in [2.05, 4.69) is 26.3 Å². The van der Waals surface area contributed by atoms with Gasteiger partial charge in [-0.1, -0.05) is 108 Å². The van der Waals surface area contributed by atoms with Gasteiger partial charge in [0, 0.05) is 42.7 Å². The van der Waals surface area contributed by atoms with Crippen LogP contribution in [0.5, 0.6) is 5.75 Å². The number of fused-ring (bicyclic) bond motifs is 2. The molecule has 89 heavy (non-hydrogen) atoms. The van der Waals surface area contributed by atoms with Crippen LogP contribution >= 0.6 is 30.3 Å². The third-order valence-corrected chi connectivity index (χ3v) is 19.2. The predicted octanol–water partition coefficient (Wildman–Crippen LogP) is 7.12. The van der Waals surface area contributed by atoms with E-state index in [9.17, 15) is 57.0 Å². The number of benzene rings is 4. The number of hydrogen-bond acceptors (Lipinski definition) is 14. The minimum Gasteiger partial charge on any atom is -0.484 e. The van der Waals surface area contributed by atoms with Crippen molar-refractivity contribution in [3.8, 4) is 16.2 Å². The lowest BCUT2D eigenvalue weighted by Gasteiger charge is -2.43. The summed E-state index contributed by atoms with van der Waals surface area (Å²) >= 11 is 2.46. The number of hydrogen-bond donors (Lipinski definition) is 7. The zero-order valence-electron chi connectivity index (χ0n) is 50.5. The zero-order chi connectivity index (χ0) is 64.5. The molecule has 7 atom stereocenters. The number of alkyl halides is 2. The molecule has 0 radical (unpaired) electrons. The van der Waals surface area contributed by atoms with Gasteiger partial charge in [-0.15, -0.1) is 22.7 Å². The minimum atomic E-state index is -5.89.